The highest BCUT2D eigenvalue weighted by Crippen LogP contribution is 2.28. The Morgan fingerprint density at radius 1 is 0.204 bits per heavy atom. The molecule has 54 heavy (non-hydrogen) atoms. The van der Waals surface area contributed by atoms with E-state index in [4.69, 9.17) is 0 Å². The average Bonchev–Trinajstić information content (AvgIpc) is 2.88. The molecular formula is C54H112. The fourth-order valence-electron chi connectivity index (χ4n) is 5.53. The van der Waals surface area contributed by atoms with Crippen LogP contribution in [0.15, 0.2) is 24.3 Å². The van der Waals surface area contributed by atoms with Gasteiger partial charge in [-0.05, 0) is 114 Å². The molecule has 0 aromatic rings. The van der Waals surface area contributed by atoms with E-state index in [-0.39, 0.29) is 0 Å². The number of allylic oxidation sites excluding steroid dienone is 4. The van der Waals surface area contributed by atoms with Crippen molar-refractivity contribution in [3.63, 3.8) is 0 Å². The highest BCUT2D eigenvalue weighted by molar-refractivity contribution is 4.87. The zero-order valence-corrected chi connectivity index (χ0v) is 43.0. The molecule has 0 aliphatic rings. The Labute approximate surface area is 348 Å². The van der Waals surface area contributed by atoms with Crippen LogP contribution >= 0.6 is 0 Å². The zero-order chi connectivity index (χ0) is 43.6. The van der Waals surface area contributed by atoms with Crippen molar-refractivity contribution in [3.05, 3.63) is 24.3 Å². The second kappa shape index (κ2) is 28.8. The second-order valence-corrected chi connectivity index (χ2v) is 26.7. The predicted octanol–water partition coefficient (Wildman–Crippen LogP) is 20.4. The number of hydrogen-bond acceptors (Lipinski definition) is 0. The molecule has 0 aliphatic carbocycles. The van der Waals surface area contributed by atoms with Crippen LogP contribution in [0.2, 0.25) is 0 Å². The summed E-state index contributed by atoms with van der Waals surface area (Å²) in [6, 6.07) is 0. The standard InChI is InChI=1S/C14H30.C14H28.C13H28.C13H26/c2*1-13(2,3)11-9-7-8-10-12-14(4,5)6;2*1-12(2,3)10-8-7-9-11-13(4,5)6/h7-12H2,1-6H3;7,9H,8,10-12H2,1-6H3;7-11H2,1-6H3;7-8H,9-11H2,1-6H3/b;9-7+;;8-7+. The third-order valence-electron chi connectivity index (χ3n) is 9.11. The Hall–Kier alpha value is -0.520. The fraction of sp³-hybridized carbons (Fsp3) is 0.926. The molecule has 0 heteroatoms. The lowest BCUT2D eigenvalue weighted by Gasteiger charge is -2.20. The van der Waals surface area contributed by atoms with Crippen LogP contribution in [0.1, 0.15) is 282 Å². The van der Waals surface area contributed by atoms with Crippen molar-refractivity contribution >= 4 is 0 Å². The first kappa shape index (κ1) is 60.2. The van der Waals surface area contributed by atoms with E-state index in [9.17, 15) is 0 Å². The van der Waals surface area contributed by atoms with Crippen molar-refractivity contribution in [3.8, 4) is 0 Å². The first-order valence-electron chi connectivity index (χ1n) is 23.1. The SMILES string of the molecule is CC(C)(C)C/C=C/CCC(C)(C)C.CC(C)(C)C/C=C/CCCC(C)(C)C.CC(C)(C)CCCCCC(C)(C)C.CC(C)(C)CCCCCCC(C)(C)C. The third kappa shape index (κ3) is 76.2. The molecule has 0 N–H and O–H groups in total. The van der Waals surface area contributed by atoms with Crippen LogP contribution in [0.4, 0.5) is 0 Å². The van der Waals surface area contributed by atoms with Gasteiger partial charge in [-0.3, -0.25) is 0 Å². The normalized spacial score (nSPS) is 13.6. The molecule has 0 aromatic heterocycles. The van der Waals surface area contributed by atoms with Crippen molar-refractivity contribution in [2.24, 2.45) is 43.3 Å². The third-order valence-corrected chi connectivity index (χ3v) is 9.11. The number of rotatable bonds is 16. The van der Waals surface area contributed by atoms with Gasteiger partial charge in [0.25, 0.3) is 0 Å². The van der Waals surface area contributed by atoms with E-state index in [0.29, 0.717) is 43.3 Å². The van der Waals surface area contributed by atoms with Crippen molar-refractivity contribution in [2.45, 2.75) is 282 Å². The van der Waals surface area contributed by atoms with Gasteiger partial charge >= 0.3 is 0 Å². The fourth-order valence-corrected chi connectivity index (χ4v) is 5.53. The van der Waals surface area contributed by atoms with Crippen LogP contribution in [0.25, 0.3) is 0 Å². The maximum Gasteiger partial charge on any atom is -0.0302 e. The minimum atomic E-state index is 0.443. The molecule has 0 saturated heterocycles. The molecule has 0 fully saturated rings. The molecule has 0 aliphatic heterocycles. The minimum absolute atomic E-state index is 0.443. The van der Waals surface area contributed by atoms with Crippen LogP contribution in [0.3, 0.4) is 0 Å². The Morgan fingerprint density at radius 3 is 0.667 bits per heavy atom. The van der Waals surface area contributed by atoms with E-state index in [1.807, 2.05) is 0 Å². The van der Waals surface area contributed by atoms with E-state index in [1.54, 1.807) is 0 Å². The maximum atomic E-state index is 2.34. The summed E-state index contributed by atoms with van der Waals surface area (Å²) in [5.74, 6) is 0. The Bertz CT molecular complexity index is 832. The molecule has 0 bridgehead atoms. The van der Waals surface area contributed by atoms with Gasteiger partial charge in [0, 0.05) is 0 Å². The monoisotopic (exact) mass is 761 g/mol. The lowest BCUT2D eigenvalue weighted by atomic mass is 9.86. The quantitative estimate of drug-likeness (QED) is 0.109. The Balaban J connectivity index is -0.000000309. The van der Waals surface area contributed by atoms with Crippen molar-refractivity contribution in [1.82, 2.24) is 0 Å². The van der Waals surface area contributed by atoms with Crippen LogP contribution < -0.4 is 0 Å². The molecule has 0 atom stereocenters. The molecule has 0 nitrogen and oxygen atoms in total. The second-order valence-electron chi connectivity index (χ2n) is 26.7. The van der Waals surface area contributed by atoms with Crippen LogP contribution in [-0.2, 0) is 0 Å². The first-order chi connectivity index (χ1) is 23.8. The van der Waals surface area contributed by atoms with E-state index in [1.165, 1.54) is 116 Å². The highest BCUT2D eigenvalue weighted by Gasteiger charge is 2.13. The number of hydrogen-bond donors (Lipinski definition) is 0. The summed E-state index contributed by atoms with van der Waals surface area (Å²) in [5.41, 5.74) is 3.99. The zero-order valence-electron chi connectivity index (χ0n) is 43.0. The summed E-state index contributed by atoms with van der Waals surface area (Å²) in [7, 11) is 0. The van der Waals surface area contributed by atoms with Crippen LogP contribution in [0.5, 0.6) is 0 Å². The van der Waals surface area contributed by atoms with Crippen LogP contribution in [-0.4, -0.2) is 0 Å². The lowest BCUT2D eigenvalue weighted by Crippen LogP contribution is -2.06. The summed E-state index contributed by atoms with van der Waals surface area (Å²) in [6.45, 7) is 55.5. The Morgan fingerprint density at radius 2 is 0.426 bits per heavy atom. The van der Waals surface area contributed by atoms with E-state index in [0.717, 1.165) is 0 Å². The highest BCUT2D eigenvalue weighted by atomic mass is 14.2. The van der Waals surface area contributed by atoms with Gasteiger partial charge in [-0.2, -0.15) is 0 Å². The summed E-state index contributed by atoms with van der Waals surface area (Å²) in [4.78, 5) is 0. The minimum Gasteiger partial charge on any atom is -0.0885 e. The van der Waals surface area contributed by atoms with Crippen LogP contribution in [0, 0.1) is 43.3 Å². The topological polar surface area (TPSA) is 0 Å². The lowest BCUT2D eigenvalue weighted by molar-refractivity contribution is 0.330. The molecule has 0 aromatic carbocycles. The van der Waals surface area contributed by atoms with E-state index >= 15 is 0 Å². The van der Waals surface area contributed by atoms with Gasteiger partial charge in [-0.25, -0.2) is 0 Å². The molecule has 328 valence electrons. The number of unbranched alkanes of at least 4 members (excludes halogenated alkanes) is 6. The molecule has 0 saturated carbocycles. The van der Waals surface area contributed by atoms with Crippen molar-refractivity contribution < 1.29 is 0 Å². The Kier molecular flexibility index (Phi) is 32.1. The summed E-state index contributed by atoms with van der Waals surface area (Å²) in [6.07, 6.45) is 33.5. The molecule has 0 amide bonds. The maximum absolute atomic E-state index is 2.34. The van der Waals surface area contributed by atoms with Gasteiger partial charge in [-0.15, -0.1) is 0 Å². The molecule has 0 heterocycles. The van der Waals surface area contributed by atoms with Crippen molar-refractivity contribution in [1.29, 1.82) is 0 Å². The molecule has 0 unspecified atom stereocenters. The summed E-state index contributed by atoms with van der Waals surface area (Å²) >= 11 is 0. The van der Waals surface area contributed by atoms with E-state index in [2.05, 4.69) is 190 Å². The smallest absolute Gasteiger partial charge is 0.0302 e. The van der Waals surface area contributed by atoms with Gasteiger partial charge in [-0.1, -0.05) is 235 Å². The average molecular weight is 761 g/mol. The molecule has 0 radical (unpaired) electrons. The molecule has 0 rings (SSSR count). The summed E-state index contributed by atoms with van der Waals surface area (Å²) in [5, 5.41) is 0. The van der Waals surface area contributed by atoms with Gasteiger partial charge in [0.2, 0.25) is 0 Å². The predicted molar refractivity (Wildman–Crippen MR) is 257 cm³/mol. The van der Waals surface area contributed by atoms with Gasteiger partial charge in [0.15, 0.2) is 0 Å². The van der Waals surface area contributed by atoms with Gasteiger partial charge in [0.1, 0.15) is 0 Å². The first-order valence-corrected chi connectivity index (χ1v) is 23.1. The molecule has 0 spiro atoms. The molecular weight excluding hydrogens is 649 g/mol. The van der Waals surface area contributed by atoms with Gasteiger partial charge in [0.05, 0.1) is 0 Å². The summed E-state index contributed by atoms with van der Waals surface area (Å²) < 4.78 is 0. The van der Waals surface area contributed by atoms with Crippen molar-refractivity contribution in [2.75, 3.05) is 0 Å². The largest absolute Gasteiger partial charge is 0.0885 e. The van der Waals surface area contributed by atoms with E-state index < -0.39 is 0 Å². The van der Waals surface area contributed by atoms with Gasteiger partial charge < -0.3 is 0 Å².